The second-order valence-corrected chi connectivity index (χ2v) is 9.80. The lowest BCUT2D eigenvalue weighted by Gasteiger charge is -2.40. The normalized spacial score (nSPS) is 17.4. The monoisotopic (exact) mass is 496 g/mol. The molecule has 190 valence electrons. The molecule has 0 saturated heterocycles. The lowest BCUT2D eigenvalue weighted by Crippen LogP contribution is -2.44. The number of rotatable bonds is 8. The van der Waals surface area contributed by atoms with Crippen LogP contribution in [0.5, 0.6) is 5.75 Å². The maximum atomic E-state index is 12.5. The zero-order chi connectivity index (χ0) is 25.9. The minimum absolute atomic E-state index is 0.107. The molecule has 2 atom stereocenters. The number of aryl methyl sites for hydroxylation is 2. The fourth-order valence-corrected chi connectivity index (χ4v) is 5.03. The van der Waals surface area contributed by atoms with Crippen LogP contribution >= 0.6 is 0 Å². The van der Waals surface area contributed by atoms with Crippen LogP contribution in [0.1, 0.15) is 46.7 Å². The van der Waals surface area contributed by atoms with E-state index in [2.05, 4.69) is 48.0 Å². The van der Waals surface area contributed by atoms with E-state index in [0.717, 1.165) is 40.1 Å². The molecule has 2 heterocycles. The molecule has 4 aromatic rings. The van der Waals surface area contributed by atoms with Gasteiger partial charge >= 0.3 is 5.97 Å². The molecule has 1 aromatic heterocycles. The molecule has 6 heteroatoms. The van der Waals surface area contributed by atoms with E-state index in [9.17, 15) is 9.90 Å². The van der Waals surface area contributed by atoms with Gasteiger partial charge in [-0.1, -0.05) is 54.1 Å². The third-order valence-corrected chi connectivity index (χ3v) is 7.07. The number of carboxylic acid groups (broad SMARTS) is 1. The molecule has 5 rings (SSSR count). The van der Waals surface area contributed by atoms with E-state index in [4.69, 9.17) is 9.15 Å². The lowest BCUT2D eigenvalue weighted by molar-refractivity contribution is -0.145. The van der Waals surface area contributed by atoms with Crippen molar-refractivity contribution in [1.29, 1.82) is 0 Å². The highest BCUT2D eigenvalue weighted by Gasteiger charge is 2.37. The first kappa shape index (κ1) is 24.8. The standard InChI is InChI=1S/C31H32N2O4/c1-20-9-11-23(12-10-20)19-33-21(2)17-25-13-14-26(18-27(25)29(33)31(34)35)36-16-15-28-22(3)37-30(32-28)24-7-5-4-6-8-24/h4-14,18,21,29H,15-17,19H2,1-3H3,(H,34,35)/t21-,29?/m0/s1. The summed E-state index contributed by atoms with van der Waals surface area (Å²) in [6.45, 7) is 7.06. The molecule has 3 aromatic carbocycles. The maximum Gasteiger partial charge on any atom is 0.325 e. The van der Waals surface area contributed by atoms with Gasteiger partial charge < -0.3 is 14.3 Å². The molecule has 0 saturated carbocycles. The molecule has 6 nitrogen and oxygen atoms in total. The first-order chi connectivity index (χ1) is 17.9. The molecule has 1 unspecified atom stereocenters. The van der Waals surface area contributed by atoms with Gasteiger partial charge in [-0.2, -0.15) is 0 Å². The SMILES string of the molecule is Cc1ccc(CN2C(C(=O)O)c3cc(OCCc4nc(-c5ccccc5)oc4C)ccc3C[C@@H]2C)cc1. The van der Waals surface area contributed by atoms with Crippen LogP contribution in [0.25, 0.3) is 11.5 Å². The van der Waals surface area contributed by atoms with Gasteiger partial charge in [-0.3, -0.25) is 9.69 Å². The fourth-order valence-electron chi connectivity index (χ4n) is 5.03. The zero-order valence-corrected chi connectivity index (χ0v) is 21.5. The topological polar surface area (TPSA) is 75.8 Å². The number of fused-ring (bicyclic) bond motifs is 1. The van der Waals surface area contributed by atoms with Gasteiger partial charge in [0.05, 0.1) is 12.3 Å². The molecule has 1 aliphatic heterocycles. The van der Waals surface area contributed by atoms with Crippen LogP contribution in [0.2, 0.25) is 0 Å². The summed E-state index contributed by atoms with van der Waals surface area (Å²) in [5.74, 6) is 1.21. The summed E-state index contributed by atoms with van der Waals surface area (Å²) >= 11 is 0. The van der Waals surface area contributed by atoms with Crippen molar-refractivity contribution in [3.05, 3.63) is 107 Å². The highest BCUT2D eigenvalue weighted by molar-refractivity contribution is 5.77. The molecule has 0 spiro atoms. The smallest absolute Gasteiger partial charge is 0.325 e. The second-order valence-electron chi connectivity index (χ2n) is 9.80. The number of benzene rings is 3. The molecule has 1 aliphatic rings. The van der Waals surface area contributed by atoms with Crippen molar-refractivity contribution >= 4 is 5.97 Å². The summed E-state index contributed by atoms with van der Waals surface area (Å²) in [5.41, 5.74) is 5.97. The van der Waals surface area contributed by atoms with Gasteiger partial charge in [0, 0.05) is 24.6 Å². The molecular weight excluding hydrogens is 464 g/mol. The Balaban J connectivity index is 1.30. The number of aromatic nitrogens is 1. The molecule has 0 radical (unpaired) electrons. The van der Waals surface area contributed by atoms with Crippen LogP contribution in [0.4, 0.5) is 0 Å². The van der Waals surface area contributed by atoms with Crippen LogP contribution in [0.15, 0.2) is 77.2 Å². The summed E-state index contributed by atoms with van der Waals surface area (Å²) in [7, 11) is 0. The van der Waals surface area contributed by atoms with Crippen LogP contribution in [0, 0.1) is 13.8 Å². The highest BCUT2D eigenvalue weighted by Crippen LogP contribution is 2.37. The summed E-state index contributed by atoms with van der Waals surface area (Å²) < 4.78 is 11.9. The number of nitrogens with zero attached hydrogens (tertiary/aromatic N) is 2. The van der Waals surface area contributed by atoms with E-state index in [1.807, 2.05) is 55.5 Å². The fraction of sp³-hybridized carbons (Fsp3) is 0.290. The number of hydrogen-bond acceptors (Lipinski definition) is 5. The number of ether oxygens (including phenoxy) is 1. The minimum Gasteiger partial charge on any atom is -0.493 e. The van der Waals surface area contributed by atoms with Gasteiger partial charge in [-0.15, -0.1) is 0 Å². The molecule has 1 N–H and O–H groups in total. The van der Waals surface area contributed by atoms with Gasteiger partial charge in [-0.05, 0) is 68.1 Å². The quantitative estimate of drug-likeness (QED) is 0.315. The molecule has 0 fully saturated rings. The van der Waals surface area contributed by atoms with Crippen molar-refractivity contribution in [1.82, 2.24) is 9.88 Å². The van der Waals surface area contributed by atoms with Gasteiger partial charge in [0.2, 0.25) is 5.89 Å². The van der Waals surface area contributed by atoms with E-state index < -0.39 is 12.0 Å². The summed E-state index contributed by atoms with van der Waals surface area (Å²) in [6.07, 6.45) is 1.39. The Morgan fingerprint density at radius 3 is 2.57 bits per heavy atom. The maximum absolute atomic E-state index is 12.5. The number of carboxylic acids is 1. The predicted molar refractivity (Wildman–Crippen MR) is 143 cm³/mol. The van der Waals surface area contributed by atoms with Crippen molar-refractivity contribution < 1.29 is 19.1 Å². The van der Waals surface area contributed by atoms with E-state index in [0.29, 0.717) is 31.2 Å². The Morgan fingerprint density at radius 1 is 1.08 bits per heavy atom. The van der Waals surface area contributed by atoms with Crippen molar-refractivity contribution in [2.45, 2.75) is 52.2 Å². The summed E-state index contributed by atoms with van der Waals surface area (Å²) in [5, 5.41) is 10.2. The third kappa shape index (κ3) is 5.44. The second kappa shape index (κ2) is 10.6. The average Bonchev–Trinajstić information content (AvgIpc) is 3.26. The third-order valence-electron chi connectivity index (χ3n) is 7.07. The molecular formula is C31H32N2O4. The zero-order valence-electron chi connectivity index (χ0n) is 21.5. The van der Waals surface area contributed by atoms with Gasteiger partial charge in [-0.25, -0.2) is 4.98 Å². The Morgan fingerprint density at radius 2 is 1.84 bits per heavy atom. The first-order valence-corrected chi connectivity index (χ1v) is 12.7. The minimum atomic E-state index is -0.844. The molecule has 0 aliphatic carbocycles. The van der Waals surface area contributed by atoms with Crippen molar-refractivity contribution in [3.8, 4) is 17.2 Å². The number of hydrogen-bond donors (Lipinski definition) is 1. The first-order valence-electron chi connectivity index (χ1n) is 12.7. The summed E-state index contributed by atoms with van der Waals surface area (Å²) in [4.78, 5) is 19.2. The van der Waals surface area contributed by atoms with Crippen LogP contribution in [0.3, 0.4) is 0 Å². The summed E-state index contributed by atoms with van der Waals surface area (Å²) in [6, 6.07) is 23.3. The van der Waals surface area contributed by atoms with E-state index >= 15 is 0 Å². The Labute approximate surface area is 217 Å². The van der Waals surface area contributed by atoms with Gasteiger partial charge in [0.25, 0.3) is 0 Å². The predicted octanol–water partition coefficient (Wildman–Crippen LogP) is 6.15. The molecule has 0 bridgehead atoms. The Kier molecular flexibility index (Phi) is 7.10. The van der Waals surface area contributed by atoms with E-state index in [1.54, 1.807) is 0 Å². The Hall–Kier alpha value is -3.90. The number of carbonyl (C=O) groups is 1. The van der Waals surface area contributed by atoms with Gasteiger partial charge in [0.15, 0.2) is 0 Å². The Bertz CT molecular complexity index is 1380. The molecule has 37 heavy (non-hydrogen) atoms. The number of aliphatic carboxylic acids is 1. The van der Waals surface area contributed by atoms with Gasteiger partial charge in [0.1, 0.15) is 17.6 Å². The lowest BCUT2D eigenvalue weighted by atomic mass is 9.88. The largest absolute Gasteiger partial charge is 0.493 e. The van der Waals surface area contributed by atoms with Crippen LogP contribution < -0.4 is 4.74 Å². The van der Waals surface area contributed by atoms with Crippen LogP contribution in [-0.4, -0.2) is 33.6 Å². The number of oxazole rings is 1. The molecule has 0 amide bonds. The van der Waals surface area contributed by atoms with E-state index in [-0.39, 0.29) is 6.04 Å². The van der Waals surface area contributed by atoms with Crippen molar-refractivity contribution in [3.63, 3.8) is 0 Å². The van der Waals surface area contributed by atoms with Crippen molar-refractivity contribution in [2.24, 2.45) is 0 Å². The van der Waals surface area contributed by atoms with Crippen molar-refractivity contribution in [2.75, 3.05) is 6.61 Å². The average molecular weight is 497 g/mol. The van der Waals surface area contributed by atoms with Crippen LogP contribution in [-0.2, 0) is 24.2 Å². The highest BCUT2D eigenvalue weighted by atomic mass is 16.5. The van der Waals surface area contributed by atoms with E-state index in [1.165, 1.54) is 5.56 Å².